The number of hydrogen-bond acceptors (Lipinski definition) is 4. The van der Waals surface area contributed by atoms with Gasteiger partial charge in [-0.05, 0) is 18.4 Å². The van der Waals surface area contributed by atoms with Gasteiger partial charge in [0, 0.05) is 17.5 Å². The van der Waals surface area contributed by atoms with E-state index in [0.717, 1.165) is 5.56 Å². The number of ether oxygens (including phenoxy) is 1. The molecule has 0 saturated carbocycles. The first-order valence-corrected chi connectivity index (χ1v) is 10.8. The van der Waals surface area contributed by atoms with Gasteiger partial charge in [-0.1, -0.05) is 97.4 Å². The Labute approximate surface area is 188 Å². The van der Waals surface area contributed by atoms with Crippen LogP contribution in [-0.2, 0) is 11.3 Å². The van der Waals surface area contributed by atoms with Crippen molar-refractivity contribution in [1.29, 1.82) is 0 Å². The highest BCUT2D eigenvalue weighted by atomic mass is 16.5. The fourth-order valence-electron chi connectivity index (χ4n) is 3.38. The van der Waals surface area contributed by atoms with Gasteiger partial charge in [-0.25, -0.2) is 4.79 Å². The molecular formula is C27H27NO4. The molecule has 0 aliphatic heterocycles. The van der Waals surface area contributed by atoms with E-state index in [9.17, 15) is 14.4 Å². The molecule has 1 atom stereocenters. The first-order chi connectivity index (χ1) is 15.6. The summed E-state index contributed by atoms with van der Waals surface area (Å²) < 4.78 is 5.29. The minimum Gasteiger partial charge on any atom is -0.445 e. The van der Waals surface area contributed by atoms with E-state index in [-0.39, 0.29) is 18.2 Å². The van der Waals surface area contributed by atoms with Gasteiger partial charge in [0.05, 0.1) is 6.04 Å². The van der Waals surface area contributed by atoms with E-state index in [0.29, 0.717) is 36.8 Å². The van der Waals surface area contributed by atoms with E-state index in [1.165, 1.54) is 0 Å². The lowest BCUT2D eigenvalue weighted by molar-refractivity contribution is 0.0908. The summed E-state index contributed by atoms with van der Waals surface area (Å²) in [6.45, 7) is 0.129. The molecule has 3 rings (SSSR count). The number of nitrogens with one attached hydrogen (secondary N) is 1. The van der Waals surface area contributed by atoms with Gasteiger partial charge in [0.25, 0.3) is 0 Å². The summed E-state index contributed by atoms with van der Waals surface area (Å²) in [5.74, 6) is -0.0941. The summed E-state index contributed by atoms with van der Waals surface area (Å²) in [6.07, 6.45) is 1.45. The monoisotopic (exact) mass is 429 g/mol. The van der Waals surface area contributed by atoms with Crippen LogP contribution < -0.4 is 5.32 Å². The predicted octanol–water partition coefficient (Wildman–Crippen LogP) is 5.61. The summed E-state index contributed by atoms with van der Waals surface area (Å²) in [7, 11) is 0. The van der Waals surface area contributed by atoms with Crippen molar-refractivity contribution >= 4 is 17.7 Å². The highest BCUT2D eigenvalue weighted by Gasteiger charge is 2.22. The highest BCUT2D eigenvalue weighted by molar-refractivity contribution is 6.01. The fraction of sp³-hybridized carbons (Fsp3) is 0.222. The van der Waals surface area contributed by atoms with Gasteiger partial charge in [0.2, 0.25) is 0 Å². The van der Waals surface area contributed by atoms with E-state index in [1.807, 2.05) is 54.6 Å². The van der Waals surface area contributed by atoms with E-state index >= 15 is 0 Å². The second-order valence-electron chi connectivity index (χ2n) is 7.52. The molecule has 0 fully saturated rings. The molecule has 3 aromatic rings. The molecule has 164 valence electrons. The Bertz CT molecular complexity index is 1000. The number of hydrogen-bond donors (Lipinski definition) is 1. The van der Waals surface area contributed by atoms with E-state index in [1.54, 1.807) is 36.4 Å². The number of unbranched alkanes of at least 4 members (excludes halogenated alkanes) is 1. The normalized spacial score (nSPS) is 11.4. The highest BCUT2D eigenvalue weighted by Crippen LogP contribution is 2.13. The molecule has 0 saturated heterocycles. The summed E-state index contributed by atoms with van der Waals surface area (Å²) in [4.78, 5) is 37.6. The quantitative estimate of drug-likeness (QED) is 0.318. The zero-order valence-corrected chi connectivity index (χ0v) is 17.9. The van der Waals surface area contributed by atoms with Gasteiger partial charge in [-0.2, -0.15) is 0 Å². The molecule has 1 unspecified atom stereocenters. The Balaban J connectivity index is 1.54. The van der Waals surface area contributed by atoms with Crippen LogP contribution in [0.25, 0.3) is 0 Å². The maximum atomic E-state index is 13.0. The lowest BCUT2D eigenvalue weighted by atomic mass is 9.97. The zero-order chi connectivity index (χ0) is 22.6. The Morgan fingerprint density at radius 3 is 1.91 bits per heavy atom. The van der Waals surface area contributed by atoms with Crippen molar-refractivity contribution < 1.29 is 19.1 Å². The maximum Gasteiger partial charge on any atom is 0.408 e. The van der Waals surface area contributed by atoms with Crippen LogP contribution in [-0.4, -0.2) is 23.7 Å². The summed E-state index contributed by atoms with van der Waals surface area (Å²) >= 11 is 0. The third-order valence-corrected chi connectivity index (χ3v) is 5.12. The van der Waals surface area contributed by atoms with Crippen LogP contribution in [0, 0.1) is 0 Å². The number of ketones is 2. The Hall–Kier alpha value is -3.73. The zero-order valence-electron chi connectivity index (χ0n) is 17.9. The topological polar surface area (TPSA) is 72.5 Å². The Morgan fingerprint density at radius 2 is 1.28 bits per heavy atom. The molecular weight excluding hydrogens is 402 g/mol. The molecule has 5 heteroatoms. The molecule has 0 heterocycles. The molecule has 32 heavy (non-hydrogen) atoms. The van der Waals surface area contributed by atoms with Crippen LogP contribution in [0.5, 0.6) is 0 Å². The Kier molecular flexibility index (Phi) is 8.75. The number of benzene rings is 3. The number of alkyl carbamates (subject to hydrolysis) is 1. The average molecular weight is 430 g/mol. The molecule has 5 nitrogen and oxygen atoms in total. The average Bonchev–Trinajstić information content (AvgIpc) is 2.85. The summed E-state index contributed by atoms with van der Waals surface area (Å²) in [5, 5.41) is 2.71. The van der Waals surface area contributed by atoms with Gasteiger partial charge < -0.3 is 10.1 Å². The second-order valence-corrected chi connectivity index (χ2v) is 7.52. The summed E-state index contributed by atoms with van der Waals surface area (Å²) in [6, 6.07) is 26.7. The van der Waals surface area contributed by atoms with Gasteiger partial charge in [-0.3, -0.25) is 9.59 Å². The number of carbonyl (C=O) groups is 3. The lowest BCUT2D eigenvalue weighted by Crippen LogP contribution is -2.41. The predicted molar refractivity (Wildman–Crippen MR) is 124 cm³/mol. The molecule has 1 N–H and O–H groups in total. The molecule has 3 aromatic carbocycles. The van der Waals surface area contributed by atoms with E-state index < -0.39 is 12.1 Å². The summed E-state index contributed by atoms with van der Waals surface area (Å²) in [5.41, 5.74) is 2.08. The lowest BCUT2D eigenvalue weighted by Gasteiger charge is -2.18. The van der Waals surface area contributed by atoms with Gasteiger partial charge >= 0.3 is 6.09 Å². The fourth-order valence-corrected chi connectivity index (χ4v) is 3.38. The van der Waals surface area contributed by atoms with Crippen molar-refractivity contribution in [3.63, 3.8) is 0 Å². The molecule has 0 bridgehead atoms. The Morgan fingerprint density at radius 1 is 0.719 bits per heavy atom. The maximum absolute atomic E-state index is 13.0. The van der Waals surface area contributed by atoms with Crippen LogP contribution in [0.1, 0.15) is 52.0 Å². The number of rotatable bonds is 11. The SMILES string of the molecule is O=C(NC(CCCCC(=O)c1ccccc1)C(=O)c1ccccc1)OCc1ccccc1. The van der Waals surface area contributed by atoms with Gasteiger partial charge in [0.1, 0.15) is 6.61 Å². The first kappa shape index (κ1) is 22.9. The first-order valence-electron chi connectivity index (χ1n) is 10.8. The number of amides is 1. The van der Waals surface area contributed by atoms with Crippen LogP contribution in [0.4, 0.5) is 4.79 Å². The van der Waals surface area contributed by atoms with Crippen LogP contribution in [0.3, 0.4) is 0 Å². The molecule has 0 aliphatic carbocycles. The van der Waals surface area contributed by atoms with E-state index in [2.05, 4.69) is 5.32 Å². The molecule has 0 aromatic heterocycles. The van der Waals surface area contributed by atoms with Crippen molar-refractivity contribution in [3.05, 3.63) is 108 Å². The van der Waals surface area contributed by atoms with Crippen molar-refractivity contribution in [1.82, 2.24) is 5.32 Å². The van der Waals surface area contributed by atoms with Crippen LogP contribution in [0.2, 0.25) is 0 Å². The van der Waals surface area contributed by atoms with Crippen LogP contribution >= 0.6 is 0 Å². The number of Topliss-reactive ketones (excluding diaryl/α,β-unsaturated/α-hetero) is 2. The minimum atomic E-state index is -0.715. The second kappa shape index (κ2) is 12.2. The third kappa shape index (κ3) is 7.20. The molecule has 1 amide bonds. The van der Waals surface area contributed by atoms with Crippen molar-refractivity contribution in [2.75, 3.05) is 0 Å². The third-order valence-electron chi connectivity index (χ3n) is 5.12. The minimum absolute atomic E-state index is 0.0757. The molecule has 0 radical (unpaired) electrons. The van der Waals surface area contributed by atoms with Crippen molar-refractivity contribution in [2.45, 2.75) is 38.3 Å². The standard InChI is InChI=1S/C27H27NO4/c29-25(22-14-6-2-7-15-22)19-11-10-18-24(26(30)23-16-8-3-9-17-23)28-27(31)32-20-21-12-4-1-5-13-21/h1-9,12-17,24H,10-11,18-20H2,(H,28,31). The molecule has 0 aliphatic rings. The molecule has 0 spiro atoms. The van der Waals surface area contributed by atoms with Crippen LogP contribution in [0.15, 0.2) is 91.0 Å². The van der Waals surface area contributed by atoms with Gasteiger partial charge in [-0.15, -0.1) is 0 Å². The number of carbonyl (C=O) groups excluding carboxylic acids is 3. The largest absolute Gasteiger partial charge is 0.445 e. The van der Waals surface area contributed by atoms with E-state index in [4.69, 9.17) is 4.74 Å². The van der Waals surface area contributed by atoms with Crippen molar-refractivity contribution in [2.24, 2.45) is 0 Å². The van der Waals surface area contributed by atoms with Crippen molar-refractivity contribution in [3.8, 4) is 0 Å². The van der Waals surface area contributed by atoms with Gasteiger partial charge in [0.15, 0.2) is 11.6 Å². The smallest absolute Gasteiger partial charge is 0.408 e.